The van der Waals surface area contributed by atoms with E-state index in [1.54, 1.807) is 12.0 Å². The maximum Gasteiger partial charge on any atom is 0.263 e. The summed E-state index contributed by atoms with van der Waals surface area (Å²) >= 11 is 7.85. The second-order valence-corrected chi connectivity index (χ2v) is 8.88. The molecule has 174 valence electrons. The highest BCUT2D eigenvalue weighted by atomic mass is 35.5. The quantitative estimate of drug-likeness (QED) is 0.274. The number of methoxy groups -OCH3 is 1. The van der Waals surface area contributed by atoms with Gasteiger partial charge in [0.25, 0.3) is 5.91 Å². The van der Waals surface area contributed by atoms with Crippen molar-refractivity contribution in [3.8, 4) is 5.75 Å². The van der Waals surface area contributed by atoms with Crippen LogP contribution in [0.15, 0.2) is 54.6 Å². The minimum Gasteiger partial charge on any atom is -0.496 e. The molecule has 1 amide bonds. The summed E-state index contributed by atoms with van der Waals surface area (Å²) in [6.45, 7) is 7.36. The number of rotatable bonds is 8. The summed E-state index contributed by atoms with van der Waals surface area (Å²) in [6.07, 6.45) is 0. The standard InChI is InChI=1S/C25H26ClN3O2S.ClH/c1-4-28(5-2)13-14-29(25-27-23-20(26)11-8-12-22(23)32-25)24(30)19-15-17-9-6-7-10-18(17)16-21(19)31-3;/h6-12,15-16H,4-5,13-14H2,1-3H3;1H. The van der Waals surface area contributed by atoms with Crippen molar-refractivity contribution in [1.82, 2.24) is 9.88 Å². The predicted octanol–water partition coefficient (Wildman–Crippen LogP) is 6.52. The zero-order chi connectivity index (χ0) is 22.7. The Balaban J connectivity index is 0.00000306. The first-order valence-corrected chi connectivity index (χ1v) is 11.9. The molecule has 1 heterocycles. The molecule has 0 radical (unpaired) electrons. The van der Waals surface area contributed by atoms with Crippen molar-refractivity contribution in [2.75, 3.05) is 38.2 Å². The molecule has 4 aromatic rings. The molecule has 0 aliphatic carbocycles. The van der Waals surface area contributed by atoms with Crippen LogP contribution in [0.25, 0.3) is 21.0 Å². The summed E-state index contributed by atoms with van der Waals surface area (Å²) in [5.41, 5.74) is 1.25. The summed E-state index contributed by atoms with van der Waals surface area (Å²) in [7, 11) is 1.60. The number of para-hydroxylation sites is 1. The van der Waals surface area contributed by atoms with E-state index >= 15 is 0 Å². The predicted molar refractivity (Wildman–Crippen MR) is 142 cm³/mol. The molecular weight excluding hydrogens is 477 g/mol. The summed E-state index contributed by atoms with van der Waals surface area (Å²) in [4.78, 5) is 22.7. The number of fused-ring (bicyclic) bond motifs is 2. The Morgan fingerprint density at radius 1 is 1.03 bits per heavy atom. The molecule has 0 spiro atoms. The fraction of sp³-hybridized carbons (Fsp3) is 0.280. The number of anilines is 1. The van der Waals surface area contributed by atoms with Crippen molar-refractivity contribution in [1.29, 1.82) is 0 Å². The number of hydrogen-bond donors (Lipinski definition) is 0. The number of hydrogen-bond acceptors (Lipinski definition) is 5. The van der Waals surface area contributed by atoms with E-state index in [1.807, 2.05) is 54.6 Å². The molecule has 0 aliphatic rings. The van der Waals surface area contributed by atoms with Crippen LogP contribution in [0, 0.1) is 0 Å². The van der Waals surface area contributed by atoms with Gasteiger partial charge in [-0.05, 0) is 48.1 Å². The number of carbonyl (C=O) groups excluding carboxylic acids is 1. The Morgan fingerprint density at radius 2 is 1.73 bits per heavy atom. The molecule has 0 atom stereocenters. The number of likely N-dealkylation sites (N-methyl/N-ethyl adjacent to an activating group) is 1. The van der Waals surface area contributed by atoms with Crippen LogP contribution in [0.5, 0.6) is 5.75 Å². The van der Waals surface area contributed by atoms with Gasteiger partial charge in [0.1, 0.15) is 11.3 Å². The van der Waals surface area contributed by atoms with Crippen molar-refractivity contribution in [3.63, 3.8) is 0 Å². The van der Waals surface area contributed by atoms with E-state index in [9.17, 15) is 4.79 Å². The number of nitrogens with zero attached hydrogens (tertiary/aromatic N) is 3. The number of halogens is 2. The highest BCUT2D eigenvalue weighted by Gasteiger charge is 2.25. The normalized spacial score (nSPS) is 11.1. The molecule has 0 saturated heterocycles. The van der Waals surface area contributed by atoms with Gasteiger partial charge in [0.05, 0.1) is 22.4 Å². The first-order valence-electron chi connectivity index (χ1n) is 10.7. The topological polar surface area (TPSA) is 45.7 Å². The van der Waals surface area contributed by atoms with Crippen molar-refractivity contribution < 1.29 is 9.53 Å². The molecule has 5 nitrogen and oxygen atoms in total. The van der Waals surface area contributed by atoms with Crippen LogP contribution >= 0.6 is 35.3 Å². The minimum absolute atomic E-state index is 0. The van der Waals surface area contributed by atoms with Gasteiger partial charge < -0.3 is 9.64 Å². The lowest BCUT2D eigenvalue weighted by molar-refractivity contribution is 0.0981. The van der Waals surface area contributed by atoms with Crippen LogP contribution in [0.2, 0.25) is 5.02 Å². The molecule has 0 unspecified atom stereocenters. The van der Waals surface area contributed by atoms with E-state index in [0.29, 0.717) is 28.0 Å². The zero-order valence-corrected chi connectivity index (χ0v) is 21.3. The van der Waals surface area contributed by atoms with E-state index in [4.69, 9.17) is 21.3 Å². The summed E-state index contributed by atoms with van der Waals surface area (Å²) in [5.74, 6) is 0.427. The Labute approximate surface area is 209 Å². The molecule has 0 bridgehead atoms. The summed E-state index contributed by atoms with van der Waals surface area (Å²) in [6, 6.07) is 17.5. The average molecular weight is 504 g/mol. The molecule has 0 fully saturated rings. The SMILES string of the molecule is CCN(CC)CCN(C(=O)c1cc2ccccc2cc1OC)c1nc2c(Cl)cccc2s1.Cl. The monoisotopic (exact) mass is 503 g/mol. The molecule has 8 heteroatoms. The third-order valence-electron chi connectivity index (χ3n) is 5.67. The lowest BCUT2D eigenvalue weighted by Gasteiger charge is -2.25. The Kier molecular flexibility index (Phi) is 8.54. The molecule has 3 aromatic carbocycles. The molecule has 0 saturated carbocycles. The highest BCUT2D eigenvalue weighted by molar-refractivity contribution is 7.22. The van der Waals surface area contributed by atoms with Gasteiger partial charge in [-0.3, -0.25) is 9.69 Å². The van der Waals surface area contributed by atoms with Crippen LogP contribution in [-0.4, -0.2) is 49.1 Å². The Hall–Kier alpha value is -2.38. The van der Waals surface area contributed by atoms with Crippen LogP contribution < -0.4 is 9.64 Å². The second-order valence-electron chi connectivity index (χ2n) is 7.47. The van der Waals surface area contributed by atoms with Crippen LogP contribution in [0.1, 0.15) is 24.2 Å². The zero-order valence-electron chi connectivity index (χ0n) is 18.9. The molecule has 0 aliphatic heterocycles. The van der Waals surface area contributed by atoms with E-state index in [0.717, 1.165) is 40.6 Å². The van der Waals surface area contributed by atoms with Gasteiger partial charge in [-0.25, -0.2) is 4.98 Å². The van der Waals surface area contributed by atoms with E-state index in [1.165, 1.54) is 11.3 Å². The molecule has 0 N–H and O–H groups in total. The van der Waals surface area contributed by atoms with Crippen molar-refractivity contribution in [2.24, 2.45) is 0 Å². The van der Waals surface area contributed by atoms with E-state index in [-0.39, 0.29) is 18.3 Å². The second kappa shape index (κ2) is 11.2. The fourth-order valence-corrected chi connectivity index (χ4v) is 5.07. The van der Waals surface area contributed by atoms with Gasteiger partial charge in [-0.15, -0.1) is 12.4 Å². The van der Waals surface area contributed by atoms with Crippen LogP contribution in [0.4, 0.5) is 5.13 Å². The molecular formula is C25H27Cl2N3O2S. The molecule has 4 rings (SSSR count). The number of aromatic nitrogens is 1. The lowest BCUT2D eigenvalue weighted by Crippen LogP contribution is -2.39. The highest BCUT2D eigenvalue weighted by Crippen LogP contribution is 2.35. The van der Waals surface area contributed by atoms with Gasteiger partial charge in [0.15, 0.2) is 5.13 Å². The largest absolute Gasteiger partial charge is 0.496 e. The summed E-state index contributed by atoms with van der Waals surface area (Å²) < 4.78 is 6.57. The Morgan fingerprint density at radius 3 is 2.36 bits per heavy atom. The lowest BCUT2D eigenvalue weighted by atomic mass is 10.0. The number of amides is 1. The smallest absolute Gasteiger partial charge is 0.263 e. The van der Waals surface area contributed by atoms with Gasteiger partial charge in [-0.1, -0.05) is 67.1 Å². The van der Waals surface area contributed by atoms with Gasteiger partial charge in [0.2, 0.25) is 0 Å². The molecule has 1 aromatic heterocycles. The fourth-order valence-electron chi connectivity index (χ4n) is 3.78. The molecule has 33 heavy (non-hydrogen) atoms. The average Bonchev–Trinajstić information content (AvgIpc) is 3.26. The number of thiazole rings is 1. The van der Waals surface area contributed by atoms with Crippen LogP contribution in [0.3, 0.4) is 0 Å². The Bertz CT molecular complexity index is 1260. The number of carbonyl (C=O) groups is 1. The maximum absolute atomic E-state index is 13.9. The van der Waals surface area contributed by atoms with Gasteiger partial charge >= 0.3 is 0 Å². The first kappa shape index (κ1) is 25.2. The first-order chi connectivity index (χ1) is 15.5. The van der Waals surface area contributed by atoms with E-state index < -0.39 is 0 Å². The van der Waals surface area contributed by atoms with Gasteiger partial charge in [0, 0.05) is 13.1 Å². The van der Waals surface area contributed by atoms with Gasteiger partial charge in [-0.2, -0.15) is 0 Å². The van der Waals surface area contributed by atoms with E-state index in [2.05, 4.69) is 18.7 Å². The third-order valence-corrected chi connectivity index (χ3v) is 7.02. The van der Waals surface area contributed by atoms with Crippen molar-refractivity contribution >= 4 is 67.4 Å². The number of ether oxygens (including phenoxy) is 1. The third kappa shape index (κ3) is 5.25. The maximum atomic E-state index is 13.9. The van der Waals surface area contributed by atoms with Crippen molar-refractivity contribution in [2.45, 2.75) is 13.8 Å². The summed E-state index contributed by atoms with van der Waals surface area (Å²) in [5, 5.41) is 3.25. The van der Waals surface area contributed by atoms with Crippen LogP contribution in [-0.2, 0) is 0 Å². The minimum atomic E-state index is -0.130. The van der Waals surface area contributed by atoms with Crippen molar-refractivity contribution in [3.05, 3.63) is 65.2 Å². The number of benzene rings is 3.